The monoisotopic (exact) mass is 397 g/mol. The topological polar surface area (TPSA) is 83.5 Å². The highest BCUT2D eigenvalue weighted by Crippen LogP contribution is 2.33. The van der Waals surface area contributed by atoms with Crippen molar-refractivity contribution >= 4 is 32.1 Å². The van der Waals surface area contributed by atoms with Crippen molar-refractivity contribution in [3.8, 4) is 11.3 Å². The summed E-state index contributed by atoms with van der Waals surface area (Å²) in [6.45, 7) is 4.35. The van der Waals surface area contributed by atoms with Crippen molar-refractivity contribution in [1.29, 1.82) is 0 Å². The Morgan fingerprint density at radius 3 is 3.00 bits per heavy atom. The van der Waals surface area contributed by atoms with E-state index in [2.05, 4.69) is 32.2 Å². The summed E-state index contributed by atoms with van der Waals surface area (Å²) in [4.78, 5) is 14.6. The molecular formula is C20H23N5O2S. The average Bonchev–Trinajstić information content (AvgIpc) is 3.15. The minimum absolute atomic E-state index is 0.260. The van der Waals surface area contributed by atoms with E-state index in [1.807, 2.05) is 30.7 Å². The second-order valence-electron chi connectivity index (χ2n) is 7.44. The number of aromatic nitrogens is 3. The Bertz CT molecular complexity index is 1140. The summed E-state index contributed by atoms with van der Waals surface area (Å²) in [6, 6.07) is 6.33. The standard InChI is InChI=1S/C20H23N5O2S/c1-14-13-27-6-5-25(14)15-9-18(17-11-21-12-19-16(17)3-4-22-19)23-20(10-15)24-28(26)7-2-8-28/h3-4,9-12,14,22H,2,5-8,13H2,1H3/t14-/m1/s1. The Morgan fingerprint density at radius 1 is 1.32 bits per heavy atom. The number of pyridine rings is 2. The van der Waals surface area contributed by atoms with Gasteiger partial charge in [-0.05, 0) is 25.5 Å². The molecule has 5 rings (SSSR count). The van der Waals surface area contributed by atoms with Gasteiger partial charge >= 0.3 is 0 Å². The fourth-order valence-corrected chi connectivity index (χ4v) is 5.20. The van der Waals surface area contributed by atoms with E-state index in [1.165, 1.54) is 0 Å². The zero-order valence-electron chi connectivity index (χ0n) is 15.8. The number of aromatic amines is 1. The van der Waals surface area contributed by atoms with Crippen LogP contribution in [0.15, 0.2) is 41.2 Å². The van der Waals surface area contributed by atoms with E-state index in [4.69, 9.17) is 9.72 Å². The highest BCUT2D eigenvalue weighted by molar-refractivity contribution is 7.95. The second-order valence-corrected chi connectivity index (χ2v) is 9.98. The lowest BCUT2D eigenvalue weighted by atomic mass is 10.1. The molecule has 7 nitrogen and oxygen atoms in total. The van der Waals surface area contributed by atoms with Gasteiger partial charge in [-0.1, -0.05) is 0 Å². The predicted octanol–water partition coefficient (Wildman–Crippen LogP) is 3.35. The number of rotatable bonds is 3. The lowest BCUT2D eigenvalue weighted by Crippen LogP contribution is -2.43. The fraction of sp³-hybridized carbons (Fsp3) is 0.400. The van der Waals surface area contributed by atoms with E-state index in [1.54, 1.807) is 0 Å². The van der Waals surface area contributed by atoms with E-state index in [9.17, 15) is 4.21 Å². The summed E-state index contributed by atoms with van der Waals surface area (Å²) in [5.41, 5.74) is 3.75. The highest BCUT2D eigenvalue weighted by Gasteiger charge is 2.23. The van der Waals surface area contributed by atoms with Crippen molar-refractivity contribution in [3.63, 3.8) is 0 Å². The molecule has 0 radical (unpaired) electrons. The molecule has 2 saturated heterocycles. The van der Waals surface area contributed by atoms with Crippen LogP contribution in [0.1, 0.15) is 13.3 Å². The largest absolute Gasteiger partial charge is 0.377 e. The maximum Gasteiger partial charge on any atom is 0.164 e. The van der Waals surface area contributed by atoms with Crippen LogP contribution in [-0.4, -0.2) is 56.5 Å². The van der Waals surface area contributed by atoms with Crippen molar-refractivity contribution < 1.29 is 8.95 Å². The van der Waals surface area contributed by atoms with Gasteiger partial charge in [0.1, 0.15) is 0 Å². The first-order valence-corrected chi connectivity index (χ1v) is 11.5. The lowest BCUT2D eigenvalue weighted by molar-refractivity contribution is 0.0989. The van der Waals surface area contributed by atoms with Gasteiger partial charge in [-0.2, -0.15) is 4.36 Å². The average molecular weight is 398 g/mol. The van der Waals surface area contributed by atoms with Gasteiger partial charge in [-0.15, -0.1) is 0 Å². The molecule has 0 saturated carbocycles. The highest BCUT2D eigenvalue weighted by atomic mass is 32.2. The molecular weight excluding hydrogens is 374 g/mol. The fourth-order valence-electron chi connectivity index (χ4n) is 3.80. The molecule has 8 heteroatoms. The van der Waals surface area contributed by atoms with Crippen molar-refractivity contribution in [2.75, 3.05) is 36.2 Å². The Labute approximate surface area is 164 Å². The summed E-state index contributed by atoms with van der Waals surface area (Å²) in [6.07, 6.45) is 6.52. The van der Waals surface area contributed by atoms with Crippen LogP contribution in [0.5, 0.6) is 0 Å². The number of H-pyrrole nitrogens is 1. The molecule has 2 fully saturated rings. The molecule has 28 heavy (non-hydrogen) atoms. The Balaban J connectivity index is 1.68. The van der Waals surface area contributed by atoms with Gasteiger partial charge in [0, 0.05) is 59.2 Å². The predicted molar refractivity (Wildman–Crippen MR) is 112 cm³/mol. The lowest BCUT2D eigenvalue weighted by Gasteiger charge is -2.35. The van der Waals surface area contributed by atoms with Crippen LogP contribution in [0.4, 0.5) is 11.5 Å². The Hall–Kier alpha value is -2.45. The molecule has 0 unspecified atom stereocenters. The van der Waals surface area contributed by atoms with Gasteiger partial charge in [0.05, 0.1) is 40.4 Å². The maximum atomic E-state index is 12.7. The van der Waals surface area contributed by atoms with Crippen LogP contribution >= 0.6 is 0 Å². The number of hydrogen-bond donors (Lipinski definition) is 1. The minimum Gasteiger partial charge on any atom is -0.377 e. The summed E-state index contributed by atoms with van der Waals surface area (Å²) in [7, 11) is -2.14. The first kappa shape index (κ1) is 17.6. The molecule has 1 atom stereocenters. The molecule has 3 aromatic heterocycles. The summed E-state index contributed by atoms with van der Waals surface area (Å²) >= 11 is 0. The molecule has 146 valence electrons. The number of nitrogens with one attached hydrogen (secondary N) is 1. The molecule has 1 N–H and O–H groups in total. The Morgan fingerprint density at radius 2 is 2.21 bits per heavy atom. The van der Waals surface area contributed by atoms with E-state index >= 15 is 0 Å². The summed E-state index contributed by atoms with van der Waals surface area (Å²) < 4.78 is 22.9. The van der Waals surface area contributed by atoms with Crippen LogP contribution in [0.2, 0.25) is 0 Å². The van der Waals surface area contributed by atoms with Crippen LogP contribution in [-0.2, 0) is 14.5 Å². The van der Waals surface area contributed by atoms with Crippen molar-refractivity contribution in [2.45, 2.75) is 19.4 Å². The maximum absolute atomic E-state index is 12.7. The normalized spacial score (nSPS) is 21.5. The van der Waals surface area contributed by atoms with E-state index in [0.717, 1.165) is 40.8 Å². The Kier molecular flexibility index (Phi) is 4.32. The van der Waals surface area contributed by atoms with Crippen LogP contribution in [0, 0.1) is 0 Å². The third kappa shape index (κ3) is 3.16. The van der Waals surface area contributed by atoms with E-state index in [-0.39, 0.29) is 6.04 Å². The molecule has 3 aromatic rings. The number of fused-ring (bicyclic) bond motifs is 1. The van der Waals surface area contributed by atoms with E-state index in [0.29, 0.717) is 30.5 Å². The summed E-state index contributed by atoms with van der Waals surface area (Å²) in [5.74, 6) is 1.87. The quantitative estimate of drug-likeness (QED) is 0.733. The third-order valence-corrected chi connectivity index (χ3v) is 7.81. The van der Waals surface area contributed by atoms with E-state index < -0.39 is 9.73 Å². The number of ether oxygens (including phenoxy) is 1. The van der Waals surface area contributed by atoms with Crippen molar-refractivity contribution in [2.24, 2.45) is 4.36 Å². The SMILES string of the molecule is C[C@@H]1COCCN1c1cc(N=S2(=O)CCC2)nc(-c2cncc3[nH]ccc23)c1. The first-order valence-electron chi connectivity index (χ1n) is 9.62. The van der Waals surface area contributed by atoms with Crippen LogP contribution in [0.25, 0.3) is 22.2 Å². The van der Waals surface area contributed by atoms with Gasteiger partial charge in [-0.3, -0.25) is 4.98 Å². The number of morpholine rings is 1. The molecule has 0 spiro atoms. The van der Waals surface area contributed by atoms with Crippen LogP contribution in [0.3, 0.4) is 0 Å². The smallest absolute Gasteiger partial charge is 0.164 e. The molecule has 5 heterocycles. The zero-order valence-corrected chi connectivity index (χ0v) is 16.6. The number of nitrogens with zero attached hydrogens (tertiary/aromatic N) is 4. The first-order chi connectivity index (χ1) is 13.6. The third-order valence-electron chi connectivity index (χ3n) is 5.43. The van der Waals surface area contributed by atoms with Crippen molar-refractivity contribution in [1.82, 2.24) is 15.0 Å². The van der Waals surface area contributed by atoms with Gasteiger partial charge in [-0.25, -0.2) is 9.19 Å². The molecule has 2 aliphatic heterocycles. The number of hydrogen-bond acceptors (Lipinski definition) is 6. The molecule has 0 aliphatic carbocycles. The van der Waals surface area contributed by atoms with Crippen molar-refractivity contribution in [3.05, 3.63) is 36.8 Å². The van der Waals surface area contributed by atoms with Gasteiger partial charge in [0.2, 0.25) is 0 Å². The van der Waals surface area contributed by atoms with Crippen LogP contribution < -0.4 is 4.90 Å². The number of anilines is 1. The molecule has 0 bridgehead atoms. The molecule has 2 aliphatic rings. The van der Waals surface area contributed by atoms with Gasteiger partial charge in [0.25, 0.3) is 0 Å². The second kappa shape index (κ2) is 6.86. The molecule has 0 aromatic carbocycles. The van der Waals surface area contributed by atoms with Gasteiger partial charge in [0.15, 0.2) is 5.82 Å². The summed E-state index contributed by atoms with van der Waals surface area (Å²) in [5, 5.41) is 1.06. The molecule has 0 amide bonds. The van der Waals surface area contributed by atoms with Gasteiger partial charge < -0.3 is 14.6 Å². The minimum atomic E-state index is -2.14. The zero-order chi connectivity index (χ0) is 19.1.